The Balaban J connectivity index is 1.88. The van der Waals surface area contributed by atoms with Crippen molar-refractivity contribution < 1.29 is 4.79 Å². The van der Waals surface area contributed by atoms with Crippen molar-refractivity contribution in [2.24, 2.45) is 0 Å². The Kier molecular flexibility index (Phi) is 5.29. The first kappa shape index (κ1) is 14.7. The molecule has 0 aliphatic carbocycles. The van der Waals surface area contributed by atoms with Gasteiger partial charge in [0.25, 0.3) is 0 Å². The maximum Gasteiger partial charge on any atom is 0.250 e. The predicted molar refractivity (Wildman–Crippen MR) is 89.2 cm³/mol. The summed E-state index contributed by atoms with van der Waals surface area (Å²) in [5.74, 6) is -0.289. The molecule has 1 aromatic heterocycles. The average molecular weight is 323 g/mol. The molecular formula is C14H11ClN2OS2. The van der Waals surface area contributed by atoms with Gasteiger partial charge in [-0.15, -0.1) is 11.3 Å². The highest BCUT2D eigenvalue weighted by atomic mass is 35.5. The van der Waals surface area contributed by atoms with E-state index in [1.54, 1.807) is 29.5 Å². The van der Waals surface area contributed by atoms with Gasteiger partial charge in [-0.2, -0.15) is 0 Å². The summed E-state index contributed by atoms with van der Waals surface area (Å²) in [7, 11) is 0. The molecule has 3 nitrogen and oxygen atoms in total. The van der Waals surface area contributed by atoms with Gasteiger partial charge in [0.1, 0.15) is 0 Å². The number of carbonyl (C=O) groups excluding carboxylic acids is 1. The summed E-state index contributed by atoms with van der Waals surface area (Å²) >= 11 is 12.6. The fourth-order valence-electron chi connectivity index (χ4n) is 1.41. The number of thiocarbonyl (C=S) groups is 1. The maximum atomic E-state index is 11.7. The highest BCUT2D eigenvalue weighted by Crippen LogP contribution is 2.20. The van der Waals surface area contributed by atoms with E-state index in [1.807, 2.05) is 29.6 Å². The Labute approximate surface area is 131 Å². The first-order valence-corrected chi connectivity index (χ1v) is 7.40. The van der Waals surface area contributed by atoms with E-state index in [-0.39, 0.29) is 11.0 Å². The quantitative estimate of drug-likeness (QED) is 0.664. The van der Waals surface area contributed by atoms with Crippen LogP contribution in [0.3, 0.4) is 0 Å². The first-order chi connectivity index (χ1) is 9.65. The van der Waals surface area contributed by atoms with Gasteiger partial charge in [-0.3, -0.25) is 10.1 Å². The van der Waals surface area contributed by atoms with Crippen LogP contribution >= 0.6 is 35.2 Å². The lowest BCUT2D eigenvalue weighted by Gasteiger charge is -2.09. The standard InChI is InChI=1S/C14H11ClN2OS2/c15-11-5-1-2-6-12(11)16-14(19)17-13(18)8-7-10-4-3-9-20-10/h1-9H,(H2,16,17,18,19). The number of amides is 1. The van der Waals surface area contributed by atoms with Crippen LogP contribution in [0.4, 0.5) is 5.69 Å². The lowest BCUT2D eigenvalue weighted by Crippen LogP contribution is -2.32. The Hall–Kier alpha value is -1.69. The number of carbonyl (C=O) groups is 1. The van der Waals surface area contributed by atoms with Gasteiger partial charge in [-0.1, -0.05) is 29.8 Å². The van der Waals surface area contributed by atoms with Crippen LogP contribution in [0.5, 0.6) is 0 Å². The molecule has 6 heteroatoms. The number of hydrogen-bond donors (Lipinski definition) is 2. The van der Waals surface area contributed by atoms with Crippen LogP contribution in [0.2, 0.25) is 5.02 Å². The molecule has 0 bridgehead atoms. The van der Waals surface area contributed by atoms with E-state index in [2.05, 4.69) is 10.6 Å². The Morgan fingerprint density at radius 2 is 2.05 bits per heavy atom. The van der Waals surface area contributed by atoms with E-state index in [1.165, 1.54) is 6.08 Å². The molecule has 0 radical (unpaired) electrons. The number of nitrogens with one attached hydrogen (secondary N) is 2. The van der Waals surface area contributed by atoms with Crippen LogP contribution in [0.1, 0.15) is 4.88 Å². The zero-order chi connectivity index (χ0) is 14.4. The third-order valence-electron chi connectivity index (χ3n) is 2.30. The first-order valence-electron chi connectivity index (χ1n) is 5.73. The second-order valence-corrected chi connectivity index (χ2v) is 5.57. The zero-order valence-electron chi connectivity index (χ0n) is 10.3. The number of thiophene rings is 1. The van der Waals surface area contributed by atoms with Crippen LogP contribution in [0, 0.1) is 0 Å². The second kappa shape index (κ2) is 7.19. The van der Waals surface area contributed by atoms with Gasteiger partial charge in [-0.05, 0) is 41.9 Å². The molecule has 0 aliphatic rings. The summed E-state index contributed by atoms with van der Waals surface area (Å²) < 4.78 is 0. The number of para-hydroxylation sites is 1. The molecule has 0 atom stereocenters. The maximum absolute atomic E-state index is 11.7. The molecule has 102 valence electrons. The Morgan fingerprint density at radius 1 is 1.25 bits per heavy atom. The van der Waals surface area contributed by atoms with E-state index < -0.39 is 0 Å². The summed E-state index contributed by atoms with van der Waals surface area (Å²) in [6.45, 7) is 0. The van der Waals surface area contributed by atoms with E-state index in [0.29, 0.717) is 10.7 Å². The van der Waals surface area contributed by atoms with Gasteiger partial charge in [0.2, 0.25) is 5.91 Å². The molecule has 2 N–H and O–H groups in total. The van der Waals surface area contributed by atoms with Crippen molar-refractivity contribution in [3.63, 3.8) is 0 Å². The van der Waals surface area contributed by atoms with Gasteiger partial charge in [0.15, 0.2) is 5.11 Å². The second-order valence-electron chi connectivity index (χ2n) is 3.77. The molecule has 2 rings (SSSR count). The fourth-order valence-corrected chi connectivity index (χ4v) is 2.43. The number of halogens is 1. The number of rotatable bonds is 3. The molecular weight excluding hydrogens is 312 g/mol. The van der Waals surface area contributed by atoms with Crippen LogP contribution < -0.4 is 10.6 Å². The van der Waals surface area contributed by atoms with Crippen molar-refractivity contribution in [3.8, 4) is 0 Å². The smallest absolute Gasteiger partial charge is 0.250 e. The Morgan fingerprint density at radius 3 is 2.75 bits per heavy atom. The Bertz CT molecular complexity index is 638. The van der Waals surface area contributed by atoms with Gasteiger partial charge in [0, 0.05) is 11.0 Å². The molecule has 1 heterocycles. The lowest BCUT2D eigenvalue weighted by molar-refractivity contribution is -0.115. The molecule has 0 saturated carbocycles. The summed E-state index contributed by atoms with van der Waals surface area (Å²) in [6.07, 6.45) is 3.17. The fraction of sp³-hybridized carbons (Fsp3) is 0. The highest BCUT2D eigenvalue weighted by Gasteiger charge is 2.04. The van der Waals surface area contributed by atoms with Crippen molar-refractivity contribution in [1.29, 1.82) is 0 Å². The SMILES string of the molecule is O=C(C=Cc1cccs1)NC(=S)Nc1ccccc1Cl. The van der Waals surface area contributed by atoms with Crippen molar-refractivity contribution in [3.05, 3.63) is 57.8 Å². The number of hydrogen-bond acceptors (Lipinski definition) is 3. The van der Waals surface area contributed by atoms with Crippen LogP contribution in [0.15, 0.2) is 47.9 Å². The van der Waals surface area contributed by atoms with E-state index >= 15 is 0 Å². The summed E-state index contributed by atoms with van der Waals surface area (Å²) in [6, 6.07) is 11.0. The summed E-state index contributed by atoms with van der Waals surface area (Å²) in [5, 5.41) is 8.12. The third kappa shape index (κ3) is 4.45. The molecule has 2 aromatic rings. The van der Waals surface area contributed by atoms with Gasteiger partial charge < -0.3 is 5.32 Å². The zero-order valence-corrected chi connectivity index (χ0v) is 12.7. The van der Waals surface area contributed by atoms with E-state index in [9.17, 15) is 4.79 Å². The summed E-state index contributed by atoms with van der Waals surface area (Å²) in [5.41, 5.74) is 0.654. The molecule has 0 saturated heterocycles. The third-order valence-corrected chi connectivity index (χ3v) is 3.67. The van der Waals surface area contributed by atoms with Gasteiger partial charge >= 0.3 is 0 Å². The van der Waals surface area contributed by atoms with Crippen LogP contribution in [-0.2, 0) is 4.79 Å². The van der Waals surface area contributed by atoms with Crippen LogP contribution in [-0.4, -0.2) is 11.0 Å². The van der Waals surface area contributed by atoms with E-state index in [4.69, 9.17) is 23.8 Å². The monoisotopic (exact) mass is 322 g/mol. The van der Waals surface area contributed by atoms with Gasteiger partial charge in [-0.25, -0.2) is 0 Å². The average Bonchev–Trinajstić information content (AvgIpc) is 2.92. The molecule has 20 heavy (non-hydrogen) atoms. The molecule has 1 amide bonds. The number of anilines is 1. The molecule has 1 aromatic carbocycles. The number of benzene rings is 1. The predicted octanol–water partition coefficient (Wildman–Crippen LogP) is 3.93. The molecule has 0 unspecified atom stereocenters. The molecule has 0 fully saturated rings. The lowest BCUT2D eigenvalue weighted by atomic mass is 10.3. The van der Waals surface area contributed by atoms with Crippen molar-refractivity contribution in [2.75, 3.05) is 5.32 Å². The van der Waals surface area contributed by atoms with Gasteiger partial charge in [0.05, 0.1) is 10.7 Å². The molecule has 0 spiro atoms. The minimum absolute atomic E-state index is 0.207. The molecule has 0 aliphatic heterocycles. The minimum Gasteiger partial charge on any atom is -0.331 e. The van der Waals surface area contributed by atoms with Crippen LogP contribution in [0.25, 0.3) is 6.08 Å². The summed E-state index contributed by atoms with van der Waals surface area (Å²) in [4.78, 5) is 12.7. The van der Waals surface area contributed by atoms with Crippen molar-refractivity contribution in [1.82, 2.24) is 5.32 Å². The largest absolute Gasteiger partial charge is 0.331 e. The highest BCUT2D eigenvalue weighted by molar-refractivity contribution is 7.80. The van der Waals surface area contributed by atoms with Crippen molar-refractivity contribution >= 4 is 57.9 Å². The van der Waals surface area contributed by atoms with E-state index in [0.717, 1.165) is 4.88 Å². The topological polar surface area (TPSA) is 41.1 Å². The minimum atomic E-state index is -0.289. The van der Waals surface area contributed by atoms with Crippen molar-refractivity contribution in [2.45, 2.75) is 0 Å². The normalized spacial score (nSPS) is 10.4.